The van der Waals surface area contributed by atoms with Crippen LogP contribution in [0.25, 0.3) is 0 Å². The smallest absolute Gasteiger partial charge is 0.326 e. The molecule has 0 saturated heterocycles. The highest BCUT2D eigenvalue weighted by molar-refractivity contribution is 5.83. The number of ether oxygens (including phenoxy) is 1. The van der Waals surface area contributed by atoms with Crippen LogP contribution in [0.3, 0.4) is 0 Å². The van der Waals surface area contributed by atoms with Crippen LogP contribution in [0.5, 0.6) is 0 Å². The second-order valence-corrected chi connectivity index (χ2v) is 14.1. The van der Waals surface area contributed by atoms with Gasteiger partial charge in [-0.2, -0.15) is 0 Å². The van der Waals surface area contributed by atoms with E-state index in [1.165, 1.54) is 96.3 Å². The molecule has 7 heteroatoms. The van der Waals surface area contributed by atoms with E-state index in [1.807, 2.05) is 0 Å². The number of hydrogen-bond acceptors (Lipinski definition) is 5. The van der Waals surface area contributed by atoms with Gasteiger partial charge in [-0.1, -0.05) is 134 Å². The summed E-state index contributed by atoms with van der Waals surface area (Å²) in [6, 6.07) is -0.854. The fraction of sp³-hybridized carbons (Fsp3) is 0.833. The Labute approximate surface area is 302 Å². The largest absolute Gasteiger partial charge is 0.480 e. The van der Waals surface area contributed by atoms with Gasteiger partial charge in [-0.05, 0) is 90.0 Å². The third-order valence-electron chi connectivity index (χ3n) is 9.27. The lowest BCUT2D eigenvalue weighted by atomic mass is 10.0. The van der Waals surface area contributed by atoms with Gasteiger partial charge in [-0.25, -0.2) is 4.79 Å². The number of nitrogens with two attached hydrogens (primary N) is 1. The van der Waals surface area contributed by atoms with Crippen LogP contribution in [-0.4, -0.2) is 41.6 Å². The number of hydrogen-bond donors (Lipinski definition) is 3. The van der Waals surface area contributed by atoms with Crippen molar-refractivity contribution in [3.8, 4) is 0 Å². The van der Waals surface area contributed by atoms with Gasteiger partial charge in [0.2, 0.25) is 5.91 Å². The molecule has 0 fully saturated rings. The molecule has 49 heavy (non-hydrogen) atoms. The molecule has 0 aromatic carbocycles. The highest BCUT2D eigenvalue weighted by Gasteiger charge is 2.19. The first-order valence-electron chi connectivity index (χ1n) is 20.7. The molecule has 0 bridgehead atoms. The van der Waals surface area contributed by atoms with E-state index in [1.54, 1.807) is 0 Å². The number of amides is 1. The number of allylic oxidation sites excluding steroid dienone is 4. The van der Waals surface area contributed by atoms with Crippen molar-refractivity contribution in [2.75, 3.05) is 6.54 Å². The van der Waals surface area contributed by atoms with Crippen LogP contribution in [0.1, 0.15) is 206 Å². The first-order valence-corrected chi connectivity index (χ1v) is 20.7. The maximum Gasteiger partial charge on any atom is 0.326 e. The van der Waals surface area contributed by atoms with E-state index in [2.05, 4.69) is 43.5 Å². The van der Waals surface area contributed by atoms with Crippen molar-refractivity contribution in [3.05, 3.63) is 24.3 Å². The van der Waals surface area contributed by atoms with Crippen LogP contribution >= 0.6 is 0 Å². The van der Waals surface area contributed by atoms with Crippen molar-refractivity contribution in [2.45, 2.75) is 219 Å². The first-order chi connectivity index (χ1) is 23.9. The van der Waals surface area contributed by atoms with Crippen molar-refractivity contribution in [2.24, 2.45) is 5.73 Å². The summed E-state index contributed by atoms with van der Waals surface area (Å²) in [5.74, 6) is -1.24. The summed E-state index contributed by atoms with van der Waals surface area (Å²) in [6.07, 6.45) is 40.8. The van der Waals surface area contributed by atoms with Gasteiger partial charge in [-0.15, -0.1) is 0 Å². The molecule has 0 aliphatic rings. The van der Waals surface area contributed by atoms with E-state index in [9.17, 15) is 19.5 Å². The fourth-order valence-corrected chi connectivity index (χ4v) is 6.13. The maximum absolute atomic E-state index is 12.7. The average Bonchev–Trinajstić information content (AvgIpc) is 3.08. The van der Waals surface area contributed by atoms with Crippen LogP contribution in [0.2, 0.25) is 0 Å². The SMILES string of the molecule is CCCCC/C=C\C/C=C\CCCCCCCCCC(=O)OC(CCCCCCCC)CCCCCCCC(=O)NC(CCCN)C(=O)O. The third kappa shape index (κ3) is 34.1. The molecule has 1 amide bonds. The quantitative estimate of drug-likeness (QED) is 0.0339. The number of carbonyl (C=O) groups is 3. The van der Waals surface area contributed by atoms with Gasteiger partial charge in [0.05, 0.1) is 0 Å². The second-order valence-electron chi connectivity index (χ2n) is 14.1. The number of rotatable bonds is 37. The summed E-state index contributed by atoms with van der Waals surface area (Å²) in [6.45, 7) is 4.90. The van der Waals surface area contributed by atoms with Gasteiger partial charge in [0.1, 0.15) is 12.1 Å². The molecule has 0 saturated carbocycles. The standard InChI is InChI=1S/C42H78N2O5/c1-3-5-7-9-11-12-13-14-15-16-17-18-19-20-21-26-30-36-41(46)49-38(32-27-23-10-8-6-4-2)33-28-24-22-25-29-35-40(45)44-39(42(47)48)34-31-37-43/h11-12,14-15,38-39H,3-10,13,16-37,43H2,1-2H3,(H,44,45)(H,47,48)/b12-11-,15-14-. The molecule has 0 radical (unpaired) electrons. The highest BCUT2D eigenvalue weighted by Crippen LogP contribution is 2.18. The van der Waals surface area contributed by atoms with E-state index in [4.69, 9.17) is 10.5 Å². The summed E-state index contributed by atoms with van der Waals surface area (Å²) in [7, 11) is 0. The summed E-state index contributed by atoms with van der Waals surface area (Å²) >= 11 is 0. The van der Waals surface area contributed by atoms with Crippen LogP contribution in [0.4, 0.5) is 0 Å². The molecule has 0 rings (SSSR count). The Morgan fingerprint density at radius 1 is 0.592 bits per heavy atom. The summed E-state index contributed by atoms with van der Waals surface area (Å²) in [5, 5.41) is 11.9. The zero-order valence-electron chi connectivity index (χ0n) is 32.0. The van der Waals surface area contributed by atoms with Gasteiger partial charge < -0.3 is 20.9 Å². The molecule has 4 N–H and O–H groups in total. The molecule has 0 aromatic rings. The minimum absolute atomic E-state index is 0.0155. The zero-order chi connectivity index (χ0) is 36.0. The van der Waals surface area contributed by atoms with Crippen LogP contribution < -0.4 is 11.1 Å². The van der Waals surface area contributed by atoms with Gasteiger partial charge in [0, 0.05) is 12.8 Å². The normalized spacial score (nSPS) is 12.9. The van der Waals surface area contributed by atoms with E-state index in [0.717, 1.165) is 70.6 Å². The van der Waals surface area contributed by atoms with Crippen molar-refractivity contribution in [1.82, 2.24) is 5.32 Å². The number of carboxylic acid groups (broad SMARTS) is 1. The molecule has 2 unspecified atom stereocenters. The monoisotopic (exact) mass is 691 g/mol. The van der Waals surface area contributed by atoms with Crippen molar-refractivity contribution >= 4 is 17.8 Å². The molecule has 0 aromatic heterocycles. The molecular weight excluding hydrogens is 612 g/mol. The number of esters is 1. The molecule has 7 nitrogen and oxygen atoms in total. The number of unbranched alkanes of at least 4 members (excludes halogenated alkanes) is 19. The van der Waals surface area contributed by atoms with Gasteiger partial charge in [-0.3, -0.25) is 9.59 Å². The number of nitrogens with one attached hydrogen (secondary N) is 1. The Balaban J connectivity index is 4.12. The third-order valence-corrected chi connectivity index (χ3v) is 9.27. The fourth-order valence-electron chi connectivity index (χ4n) is 6.13. The lowest BCUT2D eigenvalue weighted by molar-refractivity contribution is -0.150. The van der Waals surface area contributed by atoms with Crippen molar-refractivity contribution in [3.63, 3.8) is 0 Å². The summed E-state index contributed by atoms with van der Waals surface area (Å²) in [5.41, 5.74) is 5.47. The molecular formula is C42H78N2O5. The number of aliphatic carboxylic acids is 1. The summed E-state index contributed by atoms with van der Waals surface area (Å²) < 4.78 is 5.99. The van der Waals surface area contributed by atoms with Crippen LogP contribution in [0, 0.1) is 0 Å². The van der Waals surface area contributed by atoms with E-state index >= 15 is 0 Å². The summed E-state index contributed by atoms with van der Waals surface area (Å²) in [4.78, 5) is 36.2. The number of carbonyl (C=O) groups excluding carboxylic acids is 2. The molecule has 0 heterocycles. The number of carboxylic acids is 1. The predicted molar refractivity (Wildman–Crippen MR) is 207 cm³/mol. The van der Waals surface area contributed by atoms with Crippen LogP contribution in [0.15, 0.2) is 24.3 Å². The lowest BCUT2D eigenvalue weighted by Crippen LogP contribution is -2.40. The van der Waals surface area contributed by atoms with Gasteiger partial charge >= 0.3 is 11.9 Å². The van der Waals surface area contributed by atoms with Gasteiger partial charge in [0.15, 0.2) is 0 Å². The molecule has 0 spiro atoms. The molecule has 0 aliphatic heterocycles. The zero-order valence-corrected chi connectivity index (χ0v) is 32.0. The molecule has 286 valence electrons. The van der Waals surface area contributed by atoms with Crippen molar-refractivity contribution < 1.29 is 24.2 Å². The lowest BCUT2D eigenvalue weighted by Gasteiger charge is -2.18. The topological polar surface area (TPSA) is 119 Å². The van der Waals surface area contributed by atoms with Crippen LogP contribution in [-0.2, 0) is 19.1 Å². The Morgan fingerprint density at radius 3 is 1.61 bits per heavy atom. The van der Waals surface area contributed by atoms with E-state index in [-0.39, 0.29) is 18.0 Å². The minimum Gasteiger partial charge on any atom is -0.480 e. The highest BCUT2D eigenvalue weighted by atomic mass is 16.5. The second kappa shape index (κ2) is 37.1. The van der Waals surface area contributed by atoms with Gasteiger partial charge in [0.25, 0.3) is 0 Å². The Hall–Kier alpha value is -2.15. The van der Waals surface area contributed by atoms with E-state index < -0.39 is 12.0 Å². The predicted octanol–water partition coefficient (Wildman–Crippen LogP) is 11.3. The first kappa shape index (κ1) is 46.9. The Bertz CT molecular complexity index is 828. The van der Waals surface area contributed by atoms with Crippen molar-refractivity contribution in [1.29, 1.82) is 0 Å². The maximum atomic E-state index is 12.7. The Morgan fingerprint density at radius 2 is 1.06 bits per heavy atom. The van der Waals surface area contributed by atoms with E-state index in [0.29, 0.717) is 32.2 Å². The molecule has 0 aliphatic carbocycles. The molecule has 2 atom stereocenters. The Kier molecular flexibility index (Phi) is 35.5. The average molecular weight is 691 g/mol. The minimum atomic E-state index is -1.00.